The number of hydrogen-bond donors (Lipinski definition) is 0. The van der Waals surface area contributed by atoms with E-state index < -0.39 is 0 Å². The molecule has 0 bridgehead atoms. The van der Waals surface area contributed by atoms with Gasteiger partial charge in [0, 0.05) is 17.6 Å². The van der Waals surface area contributed by atoms with Crippen LogP contribution in [-0.2, 0) is 10.8 Å². The topological polar surface area (TPSA) is 3.24 Å². The third-order valence-corrected chi connectivity index (χ3v) is 4.55. The quantitative estimate of drug-likeness (QED) is 0.486. The first kappa shape index (κ1) is 23.5. The number of allylic oxidation sites excluding steroid dienone is 2. The Labute approximate surface area is 173 Å². The molecule has 0 aliphatic heterocycles. The van der Waals surface area contributed by atoms with Crippen molar-refractivity contribution >= 4 is 11.4 Å². The molecule has 0 saturated heterocycles. The smallest absolute Gasteiger partial charge is 0.0455 e. The molecule has 28 heavy (non-hydrogen) atoms. The second kappa shape index (κ2) is 9.59. The molecule has 150 valence electrons. The number of benzene rings is 2. The number of rotatable bonds is 4. The lowest BCUT2D eigenvalue weighted by Crippen LogP contribution is -2.13. The maximum Gasteiger partial charge on any atom is 0.0455 e. The lowest BCUT2D eigenvalue weighted by atomic mass is 9.87. The van der Waals surface area contributed by atoms with Crippen LogP contribution in [0.4, 0.5) is 11.4 Å². The zero-order chi connectivity index (χ0) is 21.5. The Balaban J connectivity index is 0.000000696. The predicted molar refractivity (Wildman–Crippen MR) is 128 cm³/mol. The molecule has 0 heterocycles. The van der Waals surface area contributed by atoms with Gasteiger partial charge in [0.15, 0.2) is 0 Å². The monoisotopic (exact) mass is 375 g/mol. The summed E-state index contributed by atoms with van der Waals surface area (Å²) in [6.45, 7) is 26.3. The van der Waals surface area contributed by atoms with Crippen molar-refractivity contribution in [3.05, 3.63) is 97.2 Å². The third-order valence-electron chi connectivity index (χ3n) is 4.55. The average molecular weight is 376 g/mol. The van der Waals surface area contributed by atoms with Crippen molar-refractivity contribution in [2.45, 2.75) is 59.3 Å². The highest BCUT2D eigenvalue weighted by atomic mass is 15.1. The third kappa shape index (κ3) is 6.88. The summed E-state index contributed by atoms with van der Waals surface area (Å²) < 4.78 is 0. The fourth-order valence-corrected chi connectivity index (χ4v) is 2.60. The van der Waals surface area contributed by atoms with E-state index in [0.29, 0.717) is 0 Å². The molecule has 0 spiro atoms. The van der Waals surface area contributed by atoms with Crippen molar-refractivity contribution < 1.29 is 0 Å². The first-order valence-corrected chi connectivity index (χ1v) is 9.81. The molecule has 0 fully saturated rings. The Morgan fingerprint density at radius 1 is 0.714 bits per heavy atom. The summed E-state index contributed by atoms with van der Waals surface area (Å²) in [5.41, 5.74) is 6.32. The predicted octanol–water partition coefficient (Wildman–Crippen LogP) is 8.31. The molecule has 0 amide bonds. The van der Waals surface area contributed by atoms with E-state index in [4.69, 9.17) is 0 Å². The van der Waals surface area contributed by atoms with E-state index in [1.807, 2.05) is 13.1 Å². The van der Waals surface area contributed by atoms with Gasteiger partial charge >= 0.3 is 0 Å². The van der Waals surface area contributed by atoms with Gasteiger partial charge in [0.2, 0.25) is 0 Å². The van der Waals surface area contributed by atoms with Crippen molar-refractivity contribution in [2.24, 2.45) is 0 Å². The minimum absolute atomic E-state index is 0.173. The molecule has 0 unspecified atom stereocenters. The van der Waals surface area contributed by atoms with Crippen molar-refractivity contribution in [3.63, 3.8) is 0 Å². The highest BCUT2D eigenvalue weighted by Gasteiger charge is 2.16. The van der Waals surface area contributed by atoms with E-state index in [0.717, 1.165) is 16.9 Å². The molecule has 2 aromatic carbocycles. The largest absolute Gasteiger partial charge is 0.318 e. The van der Waals surface area contributed by atoms with Gasteiger partial charge in [-0.25, -0.2) is 0 Å². The first-order valence-electron chi connectivity index (χ1n) is 9.81. The Bertz CT molecular complexity index is 721. The number of hydrogen-bond acceptors (Lipinski definition) is 1. The lowest BCUT2D eigenvalue weighted by Gasteiger charge is -2.25. The molecule has 0 N–H and O–H groups in total. The molecule has 2 aromatic rings. The van der Waals surface area contributed by atoms with Crippen LogP contribution in [0, 0.1) is 0 Å². The summed E-state index contributed by atoms with van der Waals surface area (Å²) >= 11 is 0. The van der Waals surface area contributed by atoms with Gasteiger partial charge in [-0.05, 0) is 53.1 Å². The zero-order valence-corrected chi connectivity index (χ0v) is 18.8. The molecule has 0 aromatic heterocycles. The van der Waals surface area contributed by atoms with Crippen LogP contribution in [0.3, 0.4) is 0 Å². The minimum atomic E-state index is 0.173. The molecule has 0 radical (unpaired) electrons. The summed E-state index contributed by atoms with van der Waals surface area (Å²) in [4.78, 5) is 2.12. The highest BCUT2D eigenvalue weighted by Crippen LogP contribution is 2.31. The summed E-state index contributed by atoms with van der Waals surface area (Å²) in [6, 6.07) is 17.5. The van der Waals surface area contributed by atoms with Gasteiger partial charge < -0.3 is 4.90 Å². The standard InChI is InChI=1S/C22H29N.C5H8/c1-8-23(19-13-9-17(10-14-19)21(2,3)4)20-15-11-18(12-16-20)22(5,6)7;1-4-5(2)3/h8-16H,1H2,2-7H3;4H,1-2H2,3H3. The van der Waals surface area contributed by atoms with Crippen LogP contribution >= 0.6 is 0 Å². The summed E-state index contributed by atoms with van der Waals surface area (Å²) in [5.74, 6) is 0. The van der Waals surface area contributed by atoms with Crippen LogP contribution in [0.2, 0.25) is 0 Å². The fourth-order valence-electron chi connectivity index (χ4n) is 2.60. The van der Waals surface area contributed by atoms with Crippen LogP contribution in [0.5, 0.6) is 0 Å². The van der Waals surface area contributed by atoms with Gasteiger partial charge in [0.1, 0.15) is 0 Å². The van der Waals surface area contributed by atoms with Crippen LogP contribution in [0.1, 0.15) is 59.6 Å². The van der Waals surface area contributed by atoms with Crippen LogP contribution in [0.15, 0.2) is 86.1 Å². The second-order valence-electron chi connectivity index (χ2n) is 9.20. The van der Waals surface area contributed by atoms with Crippen molar-refractivity contribution in [3.8, 4) is 0 Å². The van der Waals surface area contributed by atoms with Crippen LogP contribution in [0.25, 0.3) is 0 Å². The lowest BCUT2D eigenvalue weighted by molar-refractivity contribution is 0.590. The molecule has 2 rings (SSSR count). The average Bonchev–Trinajstić information content (AvgIpc) is 2.62. The van der Waals surface area contributed by atoms with Gasteiger partial charge in [-0.15, -0.1) is 0 Å². The normalized spacial score (nSPS) is 11.1. The van der Waals surface area contributed by atoms with E-state index >= 15 is 0 Å². The Morgan fingerprint density at radius 3 is 1.18 bits per heavy atom. The van der Waals surface area contributed by atoms with Crippen LogP contribution in [-0.4, -0.2) is 0 Å². The summed E-state index contributed by atoms with van der Waals surface area (Å²) in [6.07, 6.45) is 3.60. The van der Waals surface area contributed by atoms with Gasteiger partial charge in [-0.2, -0.15) is 0 Å². The van der Waals surface area contributed by atoms with Crippen molar-refractivity contribution in [2.75, 3.05) is 4.90 Å². The van der Waals surface area contributed by atoms with Gasteiger partial charge in [-0.1, -0.05) is 97.2 Å². The van der Waals surface area contributed by atoms with Crippen LogP contribution < -0.4 is 4.90 Å². The molecular weight excluding hydrogens is 338 g/mol. The van der Waals surface area contributed by atoms with Gasteiger partial charge in [-0.3, -0.25) is 0 Å². The van der Waals surface area contributed by atoms with E-state index in [9.17, 15) is 0 Å². The molecule has 1 nitrogen and oxygen atoms in total. The van der Waals surface area contributed by atoms with E-state index in [2.05, 4.69) is 115 Å². The van der Waals surface area contributed by atoms with Crippen molar-refractivity contribution in [1.29, 1.82) is 0 Å². The highest BCUT2D eigenvalue weighted by molar-refractivity contribution is 5.66. The van der Waals surface area contributed by atoms with E-state index in [1.165, 1.54) is 11.1 Å². The molecule has 0 aliphatic carbocycles. The first-order chi connectivity index (χ1) is 12.9. The maximum atomic E-state index is 3.98. The summed E-state index contributed by atoms with van der Waals surface area (Å²) in [5, 5.41) is 0. The van der Waals surface area contributed by atoms with E-state index in [-0.39, 0.29) is 10.8 Å². The zero-order valence-electron chi connectivity index (χ0n) is 18.8. The molecule has 0 aliphatic rings. The maximum absolute atomic E-state index is 3.98. The summed E-state index contributed by atoms with van der Waals surface area (Å²) in [7, 11) is 0. The van der Waals surface area contributed by atoms with Gasteiger partial charge in [0.25, 0.3) is 0 Å². The molecule has 1 heteroatoms. The van der Waals surface area contributed by atoms with Gasteiger partial charge in [0.05, 0.1) is 0 Å². The Morgan fingerprint density at radius 2 is 1.00 bits per heavy atom. The fraction of sp³-hybridized carbons (Fsp3) is 0.333. The molecular formula is C27H37N. The second-order valence-corrected chi connectivity index (χ2v) is 9.20. The Hall–Kier alpha value is -2.54. The van der Waals surface area contributed by atoms with E-state index in [1.54, 1.807) is 6.08 Å². The Kier molecular flexibility index (Phi) is 8.05. The number of nitrogens with zero attached hydrogens (tertiary/aromatic N) is 1. The molecule has 0 atom stereocenters. The minimum Gasteiger partial charge on any atom is -0.318 e. The molecule has 0 saturated carbocycles. The SMILES string of the molecule is C=CC(=C)C.C=CN(c1ccc(C(C)(C)C)cc1)c1ccc(C(C)(C)C)cc1. The number of anilines is 2. The van der Waals surface area contributed by atoms with Crippen molar-refractivity contribution in [1.82, 2.24) is 0 Å².